The van der Waals surface area contributed by atoms with Crippen molar-refractivity contribution in [1.82, 2.24) is 4.98 Å². The van der Waals surface area contributed by atoms with Crippen LogP contribution in [0.2, 0.25) is 0 Å². The Morgan fingerprint density at radius 3 is 2.87 bits per heavy atom. The first kappa shape index (κ1) is 10.6. The zero-order chi connectivity index (χ0) is 10.7. The van der Waals surface area contributed by atoms with Crippen LogP contribution in [0.25, 0.3) is 0 Å². The van der Waals surface area contributed by atoms with E-state index in [1.807, 2.05) is 0 Å². The lowest BCUT2D eigenvalue weighted by molar-refractivity contribution is 0.0699. The number of hydrogen-bond acceptors (Lipinski definition) is 2. The Kier molecular flexibility index (Phi) is 3.31. The molecule has 0 saturated heterocycles. The summed E-state index contributed by atoms with van der Waals surface area (Å²) in [4.78, 5) is 3.82. The molecule has 1 aliphatic rings. The number of aromatic nitrogens is 1. The zero-order valence-electron chi connectivity index (χ0n) is 8.69. The third-order valence-electron chi connectivity index (χ3n) is 3.13. The molecule has 0 amide bonds. The molecule has 82 valence electrons. The summed E-state index contributed by atoms with van der Waals surface area (Å²) in [6, 6.07) is 1.51. The fourth-order valence-corrected chi connectivity index (χ4v) is 2.30. The molecule has 0 spiro atoms. The van der Waals surface area contributed by atoms with Gasteiger partial charge in [-0.15, -0.1) is 0 Å². The van der Waals surface area contributed by atoms with Crippen LogP contribution in [0.3, 0.4) is 0 Å². The van der Waals surface area contributed by atoms with E-state index in [0.29, 0.717) is 0 Å². The lowest BCUT2D eigenvalue weighted by Gasteiger charge is -2.27. The van der Waals surface area contributed by atoms with Gasteiger partial charge in [0.05, 0.1) is 12.3 Å². The average molecular weight is 209 g/mol. The fourth-order valence-electron chi connectivity index (χ4n) is 2.30. The molecule has 1 saturated carbocycles. The highest BCUT2D eigenvalue weighted by Crippen LogP contribution is 2.27. The third-order valence-corrected chi connectivity index (χ3v) is 3.13. The highest BCUT2D eigenvalue weighted by molar-refractivity contribution is 5.11. The van der Waals surface area contributed by atoms with Gasteiger partial charge in [-0.3, -0.25) is 4.98 Å². The maximum atomic E-state index is 12.9. The van der Waals surface area contributed by atoms with Crippen molar-refractivity contribution in [3.05, 3.63) is 29.8 Å². The minimum atomic E-state index is -0.294. The van der Waals surface area contributed by atoms with Crippen molar-refractivity contribution < 1.29 is 9.50 Å². The van der Waals surface area contributed by atoms with Gasteiger partial charge in [-0.25, -0.2) is 4.39 Å². The van der Waals surface area contributed by atoms with Gasteiger partial charge in [-0.1, -0.05) is 12.8 Å². The SMILES string of the molecule is OC1CCCCC1Cc1cncc(F)c1. The van der Waals surface area contributed by atoms with E-state index in [9.17, 15) is 9.50 Å². The van der Waals surface area contributed by atoms with Crippen molar-refractivity contribution in [2.75, 3.05) is 0 Å². The average Bonchev–Trinajstić information content (AvgIpc) is 2.22. The molecule has 0 bridgehead atoms. The normalized spacial score (nSPS) is 26.5. The van der Waals surface area contributed by atoms with Crippen molar-refractivity contribution in [3.8, 4) is 0 Å². The molecule has 2 nitrogen and oxygen atoms in total. The van der Waals surface area contributed by atoms with Crippen LogP contribution in [-0.2, 0) is 6.42 Å². The van der Waals surface area contributed by atoms with Crippen LogP contribution in [0.5, 0.6) is 0 Å². The molecule has 0 aliphatic heterocycles. The Hall–Kier alpha value is -0.960. The van der Waals surface area contributed by atoms with Gasteiger partial charge in [0, 0.05) is 6.20 Å². The first-order valence-electron chi connectivity index (χ1n) is 5.53. The topological polar surface area (TPSA) is 33.1 Å². The second-order valence-corrected chi connectivity index (χ2v) is 4.33. The maximum absolute atomic E-state index is 12.9. The molecule has 0 aromatic carbocycles. The minimum absolute atomic E-state index is 0.220. The lowest BCUT2D eigenvalue weighted by atomic mass is 9.83. The molecule has 1 fully saturated rings. The molecule has 2 unspecified atom stereocenters. The van der Waals surface area contributed by atoms with Gasteiger partial charge in [0.25, 0.3) is 0 Å². The van der Waals surface area contributed by atoms with Gasteiger partial charge < -0.3 is 5.11 Å². The monoisotopic (exact) mass is 209 g/mol. The van der Waals surface area contributed by atoms with E-state index in [0.717, 1.165) is 31.2 Å². The standard InChI is InChI=1S/C12H16FNO/c13-11-6-9(7-14-8-11)5-10-3-1-2-4-12(10)15/h6-8,10,12,15H,1-5H2. The second kappa shape index (κ2) is 4.71. The van der Waals surface area contributed by atoms with Gasteiger partial charge in [-0.05, 0) is 36.8 Å². The van der Waals surface area contributed by atoms with Crippen molar-refractivity contribution in [3.63, 3.8) is 0 Å². The van der Waals surface area contributed by atoms with E-state index < -0.39 is 0 Å². The zero-order valence-corrected chi connectivity index (χ0v) is 8.69. The van der Waals surface area contributed by atoms with Gasteiger partial charge in [0.15, 0.2) is 0 Å². The molecular formula is C12H16FNO. The second-order valence-electron chi connectivity index (χ2n) is 4.33. The van der Waals surface area contributed by atoms with Crippen molar-refractivity contribution >= 4 is 0 Å². The summed E-state index contributed by atoms with van der Waals surface area (Å²) in [5, 5.41) is 9.79. The Labute approximate surface area is 89.2 Å². The van der Waals surface area contributed by atoms with Crippen LogP contribution in [0.4, 0.5) is 4.39 Å². The summed E-state index contributed by atoms with van der Waals surface area (Å²) < 4.78 is 12.9. The van der Waals surface area contributed by atoms with Crippen LogP contribution in [0.1, 0.15) is 31.2 Å². The van der Waals surface area contributed by atoms with Crippen molar-refractivity contribution in [2.45, 2.75) is 38.2 Å². The number of aliphatic hydroxyl groups excluding tert-OH is 1. The molecule has 1 aliphatic carbocycles. The number of rotatable bonds is 2. The lowest BCUT2D eigenvalue weighted by Crippen LogP contribution is -2.26. The Morgan fingerprint density at radius 1 is 1.33 bits per heavy atom. The number of halogens is 1. The molecule has 1 N–H and O–H groups in total. The highest BCUT2D eigenvalue weighted by atomic mass is 19.1. The van der Waals surface area contributed by atoms with E-state index in [2.05, 4.69) is 4.98 Å². The van der Waals surface area contributed by atoms with Crippen molar-refractivity contribution in [1.29, 1.82) is 0 Å². The molecule has 1 heterocycles. The van der Waals surface area contributed by atoms with Gasteiger partial charge in [0.1, 0.15) is 5.82 Å². The van der Waals surface area contributed by atoms with E-state index in [1.54, 1.807) is 6.20 Å². The Balaban J connectivity index is 2.01. The van der Waals surface area contributed by atoms with E-state index >= 15 is 0 Å². The quantitative estimate of drug-likeness (QED) is 0.810. The molecule has 1 aromatic rings. The van der Waals surface area contributed by atoms with Crippen LogP contribution >= 0.6 is 0 Å². The van der Waals surface area contributed by atoms with Crippen LogP contribution in [0.15, 0.2) is 18.5 Å². The summed E-state index contributed by atoms with van der Waals surface area (Å²) in [5.41, 5.74) is 0.890. The fraction of sp³-hybridized carbons (Fsp3) is 0.583. The van der Waals surface area contributed by atoms with Gasteiger partial charge in [0.2, 0.25) is 0 Å². The van der Waals surface area contributed by atoms with Crippen LogP contribution < -0.4 is 0 Å². The highest BCUT2D eigenvalue weighted by Gasteiger charge is 2.23. The summed E-state index contributed by atoms with van der Waals surface area (Å²) in [6.45, 7) is 0. The molecule has 2 atom stereocenters. The number of hydrogen-bond donors (Lipinski definition) is 1. The Bertz CT molecular complexity index is 329. The summed E-state index contributed by atoms with van der Waals surface area (Å²) >= 11 is 0. The van der Waals surface area contributed by atoms with E-state index in [4.69, 9.17) is 0 Å². The van der Waals surface area contributed by atoms with E-state index in [-0.39, 0.29) is 17.8 Å². The molecule has 3 heteroatoms. The molecule has 1 aromatic heterocycles. The van der Waals surface area contributed by atoms with Crippen LogP contribution in [0, 0.1) is 11.7 Å². The first-order valence-corrected chi connectivity index (χ1v) is 5.53. The molecule has 15 heavy (non-hydrogen) atoms. The van der Waals surface area contributed by atoms with Gasteiger partial charge in [-0.2, -0.15) is 0 Å². The number of pyridine rings is 1. The van der Waals surface area contributed by atoms with Crippen molar-refractivity contribution in [2.24, 2.45) is 5.92 Å². The number of aliphatic hydroxyl groups is 1. The molecule has 0 radical (unpaired) electrons. The van der Waals surface area contributed by atoms with E-state index in [1.165, 1.54) is 18.7 Å². The predicted molar refractivity (Wildman–Crippen MR) is 55.9 cm³/mol. The summed E-state index contributed by atoms with van der Waals surface area (Å²) in [6.07, 6.45) is 7.62. The van der Waals surface area contributed by atoms with Crippen LogP contribution in [-0.4, -0.2) is 16.2 Å². The third kappa shape index (κ3) is 2.75. The Morgan fingerprint density at radius 2 is 2.13 bits per heavy atom. The predicted octanol–water partition coefficient (Wildman–Crippen LogP) is 2.31. The minimum Gasteiger partial charge on any atom is -0.393 e. The smallest absolute Gasteiger partial charge is 0.141 e. The summed E-state index contributed by atoms with van der Waals surface area (Å²) in [5.74, 6) is -0.0138. The first-order chi connectivity index (χ1) is 7.25. The summed E-state index contributed by atoms with van der Waals surface area (Å²) in [7, 11) is 0. The molecular weight excluding hydrogens is 193 g/mol. The van der Waals surface area contributed by atoms with Gasteiger partial charge >= 0.3 is 0 Å². The largest absolute Gasteiger partial charge is 0.393 e. The molecule has 2 rings (SSSR count). The number of nitrogens with zero attached hydrogens (tertiary/aromatic N) is 1. The maximum Gasteiger partial charge on any atom is 0.141 e.